The topological polar surface area (TPSA) is 214 Å². The molecule has 475 valence electrons. The summed E-state index contributed by atoms with van der Waals surface area (Å²) in [4.78, 5) is 35.5. The van der Waals surface area contributed by atoms with Crippen LogP contribution in [0.25, 0.3) is 86.9 Å². The van der Waals surface area contributed by atoms with Crippen molar-refractivity contribution in [2.75, 3.05) is 26.4 Å². The number of hydrogen-bond donors (Lipinski definition) is 2. The van der Waals surface area contributed by atoms with Gasteiger partial charge in [0.1, 0.15) is 0 Å². The van der Waals surface area contributed by atoms with Crippen LogP contribution in [0.2, 0.25) is 0 Å². The van der Waals surface area contributed by atoms with E-state index in [-0.39, 0.29) is 18.1 Å². The second-order valence-electron chi connectivity index (χ2n) is 23.4. The Morgan fingerprint density at radius 2 is 0.907 bits per heavy atom. The third kappa shape index (κ3) is 10.5. The van der Waals surface area contributed by atoms with Crippen LogP contribution in [0.4, 0.5) is 11.6 Å². The van der Waals surface area contributed by atoms with Gasteiger partial charge in [-0.2, -0.15) is 0 Å². The molecule has 1 radical (unpaired) electrons. The Bertz CT molecular complexity index is 5900. The molecule has 0 aliphatic carbocycles. The summed E-state index contributed by atoms with van der Waals surface area (Å²) < 4.78 is 73.8. The summed E-state index contributed by atoms with van der Waals surface area (Å²) in [6.07, 6.45) is 3.24. The fraction of sp³-hybridized carbons (Fsp3) is 0.158. The van der Waals surface area contributed by atoms with Crippen molar-refractivity contribution in [2.45, 2.75) is 63.2 Å². The van der Waals surface area contributed by atoms with Gasteiger partial charge >= 0.3 is 566 Å². The Labute approximate surface area is 572 Å². The van der Waals surface area contributed by atoms with E-state index in [9.17, 15) is 13.0 Å². The SMILES string of the molecule is CC#CCOc1c2ccccc2c(OCCCC)c2c3[n]4c(c12)N=C1N=C(N=c2c5c(OCC#CC)c6ccccc6c(OCCCC)c5c([n]2[In]4)=NC2=NC(=N3)c3c2cc2ccccc2c3-c2ccc(SOOO)cc2)c2c1cc1ccccc1c2-c1ccc(S(=O)(=O)O)cc1. The molecule has 4 aliphatic rings. The van der Waals surface area contributed by atoms with Gasteiger partial charge in [-0.05, 0) is 0 Å². The van der Waals surface area contributed by atoms with Crippen molar-refractivity contribution < 1.29 is 46.5 Å². The first-order valence-corrected chi connectivity index (χ1v) is 36.9. The molecule has 21 heteroatoms. The van der Waals surface area contributed by atoms with Gasteiger partial charge in [-0.3, -0.25) is 0 Å². The Kier molecular flexibility index (Phi) is 16.2. The molecule has 0 fully saturated rings. The van der Waals surface area contributed by atoms with E-state index in [0.717, 1.165) is 97.5 Å². The molecule has 12 aromatic rings. The zero-order valence-corrected chi connectivity index (χ0v) is 57.7. The summed E-state index contributed by atoms with van der Waals surface area (Å²) in [5, 5.41) is 22.3. The van der Waals surface area contributed by atoms with Crippen molar-refractivity contribution in [2.24, 2.45) is 30.0 Å². The summed E-state index contributed by atoms with van der Waals surface area (Å²) in [7, 11) is -4.57. The number of amidine groups is 4. The zero-order valence-electron chi connectivity index (χ0n) is 52.8. The molecule has 0 atom stereocenters. The zero-order chi connectivity index (χ0) is 66.1. The number of ether oxygens (including phenoxy) is 4. The van der Waals surface area contributed by atoms with Crippen LogP contribution in [-0.4, -0.2) is 96.6 Å². The first-order valence-electron chi connectivity index (χ1n) is 31.7. The molecule has 0 saturated heterocycles. The van der Waals surface area contributed by atoms with E-state index in [0.29, 0.717) is 136 Å². The average Bonchev–Trinajstić information content (AvgIpc) is 1.54. The summed E-state index contributed by atoms with van der Waals surface area (Å²) >= 11 is -2.18. The molecule has 16 rings (SSSR count). The molecule has 97 heavy (non-hydrogen) atoms. The number of rotatable bonds is 18. The molecule has 2 N–H and O–H groups in total. The number of nitrogens with zero attached hydrogens (tertiary/aromatic N) is 8. The second-order valence-corrected chi connectivity index (χ2v) is 29.2. The molecular weight excluding hydrogens is 1360 g/mol. The van der Waals surface area contributed by atoms with Crippen LogP contribution in [0.5, 0.6) is 23.0 Å². The predicted molar refractivity (Wildman–Crippen MR) is 381 cm³/mol. The molecular formula is C76H56InN8O10S2. The van der Waals surface area contributed by atoms with Crippen molar-refractivity contribution in [3.8, 4) is 68.9 Å². The van der Waals surface area contributed by atoms with E-state index < -0.39 is 33.6 Å². The van der Waals surface area contributed by atoms with Crippen molar-refractivity contribution in [3.05, 3.63) is 191 Å². The summed E-state index contributed by atoms with van der Waals surface area (Å²) in [6.45, 7) is 8.67. The van der Waals surface area contributed by atoms with Gasteiger partial charge in [-0.1, -0.05) is 5.04 Å². The van der Waals surface area contributed by atoms with Crippen LogP contribution in [0.1, 0.15) is 75.6 Å². The second kappa shape index (κ2) is 25.5. The normalized spacial score (nSPS) is 13.3. The molecule has 4 aliphatic heterocycles. The fourth-order valence-electron chi connectivity index (χ4n) is 13.5. The first-order chi connectivity index (χ1) is 47.6. The van der Waals surface area contributed by atoms with E-state index in [4.69, 9.17) is 58.5 Å². The molecule has 18 nitrogen and oxygen atoms in total. The van der Waals surface area contributed by atoms with Crippen molar-refractivity contribution >= 4 is 145 Å². The van der Waals surface area contributed by atoms with Gasteiger partial charge in [0.25, 0.3) is 0 Å². The van der Waals surface area contributed by atoms with Crippen LogP contribution < -0.4 is 29.9 Å². The van der Waals surface area contributed by atoms with E-state index in [1.54, 1.807) is 26.0 Å². The van der Waals surface area contributed by atoms with E-state index >= 15 is 0 Å². The maximum absolute atomic E-state index is 12.7. The summed E-state index contributed by atoms with van der Waals surface area (Å²) in [6, 6.07) is 50.6. The fourth-order valence-corrected chi connectivity index (χ4v) is 18.3. The predicted octanol–water partition coefficient (Wildman–Crippen LogP) is 15.3. The Morgan fingerprint density at radius 3 is 1.40 bits per heavy atom. The molecule has 0 saturated carbocycles. The Balaban J connectivity index is 1.16. The van der Waals surface area contributed by atoms with Crippen LogP contribution >= 0.6 is 12.0 Å². The standard InChI is InChI=1S/C76H56N8O10S2.In/c1-5-9-37-89-65-51-25-17-19-27-53(51)67(91-39-11-7-3)63-61(65)74-80-70-56-42-46-22-14-16-24-50(46)58(44-31-35-48(36-32-44)96(86,87)88)60(56)72(78-70)82-76-64-62(66(90-38-10-6-2)52-26-18-20-28-54(52)68(64)92-40-12-8-4)73(84-76)79-69-55-41-45-21-13-15-23-49(45)57(59(55)71(77-69)81-75(63)83-74)43-29-33-47(34-30-43)95-94-93-85;/h13-36,41-42H,6-7,10-11,37-40H2,1-4H3,(H2-2,77,78,79,80,81,82,83,84,85,86,87,88);/q-2;+2. The molecule has 0 amide bonds. The Hall–Kier alpha value is -10.1. The average molecular weight is 1420 g/mol. The van der Waals surface area contributed by atoms with Crippen LogP contribution in [0.15, 0.2) is 197 Å². The quantitative estimate of drug-likeness (QED) is 0.0206. The molecule has 2 aromatic heterocycles. The minimum atomic E-state index is -4.57. The summed E-state index contributed by atoms with van der Waals surface area (Å²) in [5.74, 6) is 17.1. The number of benzene rings is 10. The van der Waals surface area contributed by atoms with Gasteiger partial charge in [0.05, 0.1) is 0 Å². The minimum absolute atomic E-state index is 0.0342. The maximum atomic E-state index is 12.7. The van der Waals surface area contributed by atoms with Crippen LogP contribution in [0, 0.1) is 23.7 Å². The monoisotopic (exact) mass is 1420 g/mol. The third-order valence-electron chi connectivity index (χ3n) is 17.7. The third-order valence-corrected chi connectivity index (χ3v) is 23.3. The summed E-state index contributed by atoms with van der Waals surface area (Å²) in [5.41, 5.74) is 6.73. The number of unbranched alkanes of at least 4 members (excludes halogenated alkanes) is 2. The number of aliphatic imine (C=N–C) groups is 4. The van der Waals surface area contributed by atoms with Gasteiger partial charge in [0, 0.05) is 0 Å². The van der Waals surface area contributed by atoms with Crippen molar-refractivity contribution in [3.63, 3.8) is 0 Å². The van der Waals surface area contributed by atoms with Gasteiger partial charge in [-0.15, -0.1) is 0 Å². The number of hydrogen-bond acceptors (Lipinski definition) is 16. The number of fused-ring (bicyclic) bond motifs is 18. The van der Waals surface area contributed by atoms with Gasteiger partial charge in [-0.25, -0.2) is 5.26 Å². The molecule has 0 unspecified atom stereocenters. The number of aromatic nitrogens is 2. The van der Waals surface area contributed by atoms with E-state index in [1.807, 2.05) is 97.1 Å². The molecule has 10 aromatic carbocycles. The van der Waals surface area contributed by atoms with Gasteiger partial charge < -0.3 is 0 Å². The molecule has 6 bridgehead atoms. The van der Waals surface area contributed by atoms with E-state index in [2.05, 4.69) is 84.1 Å². The van der Waals surface area contributed by atoms with Gasteiger partial charge in [0.15, 0.2) is 0 Å². The Morgan fingerprint density at radius 1 is 0.485 bits per heavy atom. The van der Waals surface area contributed by atoms with Gasteiger partial charge in [0.2, 0.25) is 0 Å². The van der Waals surface area contributed by atoms with Crippen LogP contribution in [0.3, 0.4) is 0 Å². The molecule has 6 heterocycles. The van der Waals surface area contributed by atoms with Crippen molar-refractivity contribution in [1.82, 2.24) is 5.11 Å². The van der Waals surface area contributed by atoms with E-state index in [1.165, 1.54) is 12.1 Å². The van der Waals surface area contributed by atoms with Crippen molar-refractivity contribution in [1.29, 1.82) is 0 Å². The molecule has 0 spiro atoms. The first kappa shape index (κ1) is 61.8. The van der Waals surface area contributed by atoms with Crippen LogP contribution in [-0.2, 0) is 19.5 Å².